The van der Waals surface area contributed by atoms with Crippen LogP contribution in [0.1, 0.15) is 27.2 Å². The minimum absolute atomic E-state index is 0.154. The molecule has 1 atom stereocenters. The van der Waals surface area contributed by atoms with Gasteiger partial charge in [0, 0.05) is 18.7 Å². The van der Waals surface area contributed by atoms with E-state index < -0.39 is 5.60 Å². The van der Waals surface area contributed by atoms with Crippen molar-refractivity contribution >= 4 is 12.2 Å². The van der Waals surface area contributed by atoms with E-state index in [9.17, 15) is 4.79 Å². The number of allylic oxidation sites excluding steroid dienone is 2. The quantitative estimate of drug-likeness (QED) is 0.569. The van der Waals surface area contributed by atoms with E-state index in [1.54, 1.807) is 12.3 Å². The molecule has 0 fully saturated rings. The van der Waals surface area contributed by atoms with Crippen molar-refractivity contribution < 1.29 is 9.53 Å². The lowest BCUT2D eigenvalue weighted by Gasteiger charge is -2.18. The number of nitrogens with zero attached hydrogens (tertiary/aromatic N) is 1. The normalized spacial score (nSPS) is 21.0. The van der Waals surface area contributed by atoms with Crippen LogP contribution < -0.4 is 5.73 Å². The van der Waals surface area contributed by atoms with Crippen LogP contribution in [0.3, 0.4) is 0 Å². The Morgan fingerprint density at radius 3 is 2.81 bits per heavy atom. The van der Waals surface area contributed by atoms with Crippen LogP contribution in [0.2, 0.25) is 0 Å². The molecule has 16 heavy (non-hydrogen) atoms. The number of carbonyl (C=O) groups excluding carboxylic acids is 1. The van der Waals surface area contributed by atoms with E-state index in [4.69, 9.17) is 10.5 Å². The van der Waals surface area contributed by atoms with Crippen LogP contribution in [-0.4, -0.2) is 24.0 Å². The number of aliphatic imine (C=N–C) groups is 1. The van der Waals surface area contributed by atoms with E-state index >= 15 is 0 Å². The molecule has 0 saturated carbocycles. The van der Waals surface area contributed by atoms with Crippen LogP contribution in [0, 0.1) is 0 Å². The molecule has 1 aliphatic rings. The third-order valence-electron chi connectivity index (χ3n) is 1.83. The van der Waals surface area contributed by atoms with Crippen molar-refractivity contribution in [3.8, 4) is 0 Å². The summed E-state index contributed by atoms with van der Waals surface area (Å²) in [7, 11) is 0. The summed E-state index contributed by atoms with van der Waals surface area (Å²) in [5.74, 6) is -0.350. The molecular formula is C12H18N2O2. The lowest BCUT2D eigenvalue weighted by Crippen LogP contribution is -2.22. The maximum Gasteiger partial charge on any atom is 0.331 e. The molecule has 1 rings (SSSR count). The highest BCUT2D eigenvalue weighted by Crippen LogP contribution is 2.09. The summed E-state index contributed by atoms with van der Waals surface area (Å²) in [6, 6.07) is 0. The van der Waals surface area contributed by atoms with Gasteiger partial charge < -0.3 is 10.5 Å². The molecule has 0 saturated heterocycles. The summed E-state index contributed by atoms with van der Waals surface area (Å²) in [5.41, 5.74) is 6.00. The Kier molecular flexibility index (Phi) is 4.01. The fourth-order valence-corrected chi connectivity index (χ4v) is 1.16. The Hall–Kier alpha value is -1.42. The summed E-state index contributed by atoms with van der Waals surface area (Å²) >= 11 is 0. The molecule has 0 aliphatic carbocycles. The molecule has 0 bridgehead atoms. The largest absolute Gasteiger partial charge is 0.457 e. The Balaban J connectivity index is 2.49. The molecule has 4 nitrogen and oxygen atoms in total. The summed E-state index contributed by atoms with van der Waals surface area (Å²) in [6.45, 7) is 5.50. The summed E-state index contributed by atoms with van der Waals surface area (Å²) in [4.78, 5) is 15.4. The monoisotopic (exact) mass is 222 g/mol. The number of nitrogens with two attached hydrogens (primary N) is 1. The Bertz CT molecular complexity index is 349. The van der Waals surface area contributed by atoms with Crippen molar-refractivity contribution in [2.24, 2.45) is 10.7 Å². The van der Waals surface area contributed by atoms with E-state index in [2.05, 4.69) is 4.99 Å². The molecule has 1 heterocycles. The van der Waals surface area contributed by atoms with Gasteiger partial charge in [-0.15, -0.1) is 0 Å². The molecule has 2 N–H and O–H groups in total. The van der Waals surface area contributed by atoms with Crippen LogP contribution in [0.15, 0.2) is 28.8 Å². The van der Waals surface area contributed by atoms with Crippen molar-refractivity contribution in [3.63, 3.8) is 0 Å². The molecule has 0 aromatic rings. The van der Waals surface area contributed by atoms with Gasteiger partial charge in [0.15, 0.2) is 0 Å². The number of hydrogen-bond acceptors (Lipinski definition) is 4. The van der Waals surface area contributed by atoms with Gasteiger partial charge in [0.2, 0.25) is 0 Å². The minimum Gasteiger partial charge on any atom is -0.457 e. The SMILES string of the molecule is CC(C)(C)OC(=O)/C=C/C1=CCC(N)N=C1. The van der Waals surface area contributed by atoms with Gasteiger partial charge in [-0.05, 0) is 32.4 Å². The van der Waals surface area contributed by atoms with Gasteiger partial charge >= 0.3 is 5.97 Å². The predicted octanol–water partition coefficient (Wildman–Crippen LogP) is 1.57. The Morgan fingerprint density at radius 2 is 2.31 bits per heavy atom. The van der Waals surface area contributed by atoms with Gasteiger partial charge in [-0.25, -0.2) is 4.79 Å². The first kappa shape index (κ1) is 12.6. The molecule has 0 amide bonds. The second kappa shape index (κ2) is 5.07. The molecule has 0 radical (unpaired) electrons. The van der Waals surface area contributed by atoms with Gasteiger partial charge in [-0.2, -0.15) is 0 Å². The van der Waals surface area contributed by atoms with Gasteiger partial charge in [-0.3, -0.25) is 4.99 Å². The van der Waals surface area contributed by atoms with Crippen LogP contribution in [0.25, 0.3) is 0 Å². The fourth-order valence-electron chi connectivity index (χ4n) is 1.16. The standard InChI is InChI=1S/C12H18N2O2/c1-12(2,3)16-11(15)7-5-9-4-6-10(13)14-8-9/h4-5,7-8,10H,6,13H2,1-3H3/b7-5+. The van der Waals surface area contributed by atoms with Gasteiger partial charge in [0.1, 0.15) is 11.8 Å². The average Bonchev–Trinajstić information content (AvgIpc) is 2.14. The lowest BCUT2D eigenvalue weighted by atomic mass is 10.1. The van der Waals surface area contributed by atoms with E-state index in [1.165, 1.54) is 6.08 Å². The Morgan fingerprint density at radius 1 is 1.62 bits per heavy atom. The minimum atomic E-state index is -0.460. The van der Waals surface area contributed by atoms with Gasteiger partial charge in [-0.1, -0.05) is 6.08 Å². The first-order valence-electron chi connectivity index (χ1n) is 5.27. The zero-order valence-electron chi connectivity index (χ0n) is 9.93. The average molecular weight is 222 g/mol. The van der Waals surface area contributed by atoms with Gasteiger partial charge in [0.25, 0.3) is 0 Å². The van der Waals surface area contributed by atoms with Crippen LogP contribution in [-0.2, 0) is 9.53 Å². The first-order chi connectivity index (χ1) is 7.37. The fraction of sp³-hybridized carbons (Fsp3) is 0.500. The lowest BCUT2D eigenvalue weighted by molar-refractivity contribution is -0.148. The van der Waals surface area contributed by atoms with Crippen molar-refractivity contribution in [3.05, 3.63) is 23.8 Å². The summed E-state index contributed by atoms with van der Waals surface area (Å²) < 4.78 is 5.13. The summed E-state index contributed by atoms with van der Waals surface area (Å²) in [6.07, 6.45) is 7.24. The smallest absolute Gasteiger partial charge is 0.331 e. The van der Waals surface area contributed by atoms with E-state index in [-0.39, 0.29) is 12.1 Å². The molecule has 4 heteroatoms. The van der Waals surface area contributed by atoms with Crippen molar-refractivity contribution in [1.29, 1.82) is 0 Å². The van der Waals surface area contributed by atoms with Crippen molar-refractivity contribution in [2.75, 3.05) is 0 Å². The third kappa shape index (κ3) is 4.89. The molecular weight excluding hydrogens is 204 g/mol. The molecule has 1 aliphatic heterocycles. The topological polar surface area (TPSA) is 64.7 Å². The number of ether oxygens (including phenoxy) is 1. The van der Waals surface area contributed by atoms with E-state index in [0.29, 0.717) is 6.42 Å². The van der Waals surface area contributed by atoms with E-state index in [1.807, 2.05) is 26.8 Å². The van der Waals surface area contributed by atoms with Crippen LogP contribution in [0.5, 0.6) is 0 Å². The highest BCUT2D eigenvalue weighted by molar-refractivity contribution is 5.88. The van der Waals surface area contributed by atoms with Crippen LogP contribution in [0.4, 0.5) is 0 Å². The van der Waals surface area contributed by atoms with Crippen molar-refractivity contribution in [2.45, 2.75) is 39.0 Å². The zero-order valence-corrected chi connectivity index (χ0v) is 9.93. The second-order valence-corrected chi connectivity index (χ2v) is 4.65. The maximum absolute atomic E-state index is 11.4. The third-order valence-corrected chi connectivity index (χ3v) is 1.83. The molecule has 0 spiro atoms. The highest BCUT2D eigenvalue weighted by atomic mass is 16.6. The number of rotatable bonds is 2. The number of dihydropyridines is 1. The zero-order chi connectivity index (χ0) is 12.2. The second-order valence-electron chi connectivity index (χ2n) is 4.65. The van der Waals surface area contributed by atoms with Crippen molar-refractivity contribution in [1.82, 2.24) is 0 Å². The first-order valence-corrected chi connectivity index (χ1v) is 5.27. The number of hydrogen-bond donors (Lipinski definition) is 1. The molecule has 88 valence electrons. The van der Waals surface area contributed by atoms with Gasteiger partial charge in [0.05, 0.1) is 0 Å². The molecule has 0 aromatic carbocycles. The number of carbonyl (C=O) groups is 1. The highest BCUT2D eigenvalue weighted by Gasteiger charge is 2.13. The molecule has 0 aromatic heterocycles. The van der Waals surface area contributed by atoms with E-state index in [0.717, 1.165) is 5.57 Å². The predicted molar refractivity (Wildman–Crippen MR) is 64.2 cm³/mol. The Labute approximate surface area is 95.9 Å². The maximum atomic E-state index is 11.4. The summed E-state index contributed by atoms with van der Waals surface area (Å²) in [5, 5.41) is 0. The molecule has 1 unspecified atom stereocenters. The number of esters is 1. The van der Waals surface area contributed by atoms with Crippen LogP contribution >= 0.6 is 0 Å².